The van der Waals surface area contributed by atoms with Gasteiger partial charge in [0, 0.05) is 0 Å². The molecule has 1 atom stereocenters. The Labute approximate surface area is 118 Å². The van der Waals surface area contributed by atoms with Crippen molar-refractivity contribution in [1.29, 1.82) is 0 Å². The van der Waals surface area contributed by atoms with Gasteiger partial charge in [0.1, 0.15) is 17.2 Å². The van der Waals surface area contributed by atoms with E-state index in [2.05, 4.69) is 0 Å². The van der Waals surface area contributed by atoms with Gasteiger partial charge in [-0.1, -0.05) is 0 Å². The Balaban J connectivity index is 2.93. The molecule has 0 spiro atoms. The number of nitrogens with zero attached hydrogens (tertiary/aromatic N) is 1. The van der Waals surface area contributed by atoms with Gasteiger partial charge in [0.15, 0.2) is 0 Å². The third-order valence-corrected chi connectivity index (χ3v) is 2.87. The molecule has 1 aliphatic heterocycles. The molecule has 0 aromatic rings. The minimum Gasteiger partial charge on any atom is -0.444 e. The molecule has 0 saturated carbocycles. The van der Waals surface area contributed by atoms with Gasteiger partial charge in [0.2, 0.25) is 0 Å². The summed E-state index contributed by atoms with van der Waals surface area (Å²) >= 11 is 5.42. The van der Waals surface area contributed by atoms with Gasteiger partial charge in [-0.15, -0.1) is 11.6 Å². The van der Waals surface area contributed by atoms with Crippen molar-refractivity contribution in [2.45, 2.75) is 52.0 Å². The standard InChI is InChI=1S/C13H21ClFNO3/c1-12(2,3)19-11(17)16-10(6-9(15)7-14)8-18-13(16,4)5/h6,10H,7-8H2,1-5H3/b9-6+/t10-/m0/s1. The highest BCUT2D eigenvalue weighted by molar-refractivity contribution is 6.19. The lowest BCUT2D eigenvalue weighted by Gasteiger charge is -2.34. The lowest BCUT2D eigenvalue weighted by atomic mass is 10.2. The van der Waals surface area contributed by atoms with Crippen molar-refractivity contribution in [2.75, 3.05) is 12.5 Å². The minimum absolute atomic E-state index is 0.219. The van der Waals surface area contributed by atoms with E-state index in [1.807, 2.05) is 0 Å². The summed E-state index contributed by atoms with van der Waals surface area (Å²) in [4.78, 5) is 13.6. The van der Waals surface area contributed by atoms with Crippen molar-refractivity contribution in [3.05, 3.63) is 11.9 Å². The number of ether oxygens (including phenoxy) is 2. The number of allylic oxidation sites excluding steroid dienone is 1. The summed E-state index contributed by atoms with van der Waals surface area (Å²) in [5, 5.41) is 0. The summed E-state index contributed by atoms with van der Waals surface area (Å²) in [6, 6.07) is -0.511. The summed E-state index contributed by atoms with van der Waals surface area (Å²) in [7, 11) is 0. The van der Waals surface area contributed by atoms with Crippen molar-refractivity contribution >= 4 is 17.7 Å². The number of alkyl halides is 1. The van der Waals surface area contributed by atoms with Gasteiger partial charge in [0.25, 0.3) is 0 Å². The molecule has 0 N–H and O–H groups in total. The van der Waals surface area contributed by atoms with Crippen LogP contribution < -0.4 is 0 Å². The zero-order chi connectivity index (χ0) is 14.8. The second-order valence-electron chi connectivity index (χ2n) is 5.92. The van der Waals surface area contributed by atoms with Crippen LogP contribution in [0.5, 0.6) is 0 Å². The van der Waals surface area contributed by atoms with Crippen LogP contribution in [0.1, 0.15) is 34.6 Å². The van der Waals surface area contributed by atoms with Crippen LogP contribution in [0.4, 0.5) is 9.18 Å². The first kappa shape index (κ1) is 16.2. The maximum absolute atomic E-state index is 13.3. The van der Waals surface area contributed by atoms with Crippen molar-refractivity contribution < 1.29 is 18.7 Å². The monoisotopic (exact) mass is 293 g/mol. The molecule has 1 amide bonds. The summed E-state index contributed by atoms with van der Waals surface area (Å²) in [6.45, 7) is 9.03. The molecular weight excluding hydrogens is 273 g/mol. The van der Waals surface area contributed by atoms with Crippen LogP contribution in [0.2, 0.25) is 0 Å². The van der Waals surface area contributed by atoms with Gasteiger partial charge in [-0.05, 0) is 40.7 Å². The highest BCUT2D eigenvalue weighted by Crippen LogP contribution is 2.30. The minimum atomic E-state index is -0.837. The molecule has 0 radical (unpaired) electrons. The van der Waals surface area contributed by atoms with Crippen LogP contribution in [-0.2, 0) is 9.47 Å². The van der Waals surface area contributed by atoms with Crippen molar-refractivity contribution in [2.24, 2.45) is 0 Å². The summed E-state index contributed by atoms with van der Waals surface area (Å²) < 4.78 is 24.1. The molecule has 4 nitrogen and oxygen atoms in total. The molecule has 1 saturated heterocycles. The van der Waals surface area contributed by atoms with Gasteiger partial charge in [-0.3, -0.25) is 4.90 Å². The maximum Gasteiger partial charge on any atom is 0.413 e. The number of carbonyl (C=O) groups is 1. The number of amides is 1. The number of hydrogen-bond acceptors (Lipinski definition) is 3. The average Bonchev–Trinajstić information content (AvgIpc) is 2.51. The maximum atomic E-state index is 13.3. The van der Waals surface area contributed by atoms with E-state index in [9.17, 15) is 9.18 Å². The highest BCUT2D eigenvalue weighted by Gasteiger charge is 2.45. The molecule has 1 rings (SSSR count). The fourth-order valence-electron chi connectivity index (χ4n) is 1.88. The quantitative estimate of drug-likeness (QED) is 0.732. The summed E-state index contributed by atoms with van der Waals surface area (Å²) in [6.07, 6.45) is 0.768. The largest absolute Gasteiger partial charge is 0.444 e. The first-order chi connectivity index (χ1) is 8.57. The molecule has 0 bridgehead atoms. The summed E-state index contributed by atoms with van der Waals surface area (Å²) in [5.41, 5.74) is -1.45. The number of rotatable bonds is 2. The summed E-state index contributed by atoms with van der Waals surface area (Å²) in [5.74, 6) is -0.708. The van der Waals surface area contributed by atoms with Crippen molar-refractivity contribution in [1.82, 2.24) is 4.90 Å². The molecule has 1 fully saturated rings. The number of hydrogen-bond donors (Lipinski definition) is 0. The Morgan fingerprint density at radius 2 is 2.16 bits per heavy atom. The van der Waals surface area contributed by atoms with Crippen LogP contribution in [0, 0.1) is 0 Å². The molecule has 19 heavy (non-hydrogen) atoms. The molecule has 1 heterocycles. The number of halogens is 2. The Bertz CT molecular complexity index is 377. The van der Waals surface area contributed by atoms with E-state index in [0.29, 0.717) is 0 Å². The molecule has 0 aromatic heterocycles. The van der Waals surface area contributed by atoms with Gasteiger partial charge in [-0.25, -0.2) is 9.18 Å². The first-order valence-corrected chi connectivity index (χ1v) is 6.69. The average molecular weight is 294 g/mol. The normalized spacial score (nSPS) is 23.6. The highest BCUT2D eigenvalue weighted by atomic mass is 35.5. The number of carbonyl (C=O) groups excluding carboxylic acids is 1. The Morgan fingerprint density at radius 1 is 1.58 bits per heavy atom. The molecule has 6 heteroatoms. The lowest BCUT2D eigenvalue weighted by Crippen LogP contribution is -2.49. The van der Waals surface area contributed by atoms with E-state index in [0.717, 1.165) is 0 Å². The predicted octanol–water partition coefficient (Wildman–Crippen LogP) is 3.45. The van der Waals surface area contributed by atoms with E-state index in [1.54, 1.807) is 34.6 Å². The Morgan fingerprint density at radius 3 is 2.63 bits per heavy atom. The van der Waals surface area contributed by atoms with E-state index < -0.39 is 29.3 Å². The van der Waals surface area contributed by atoms with Crippen LogP contribution >= 0.6 is 11.6 Å². The van der Waals surface area contributed by atoms with Crippen molar-refractivity contribution in [3.63, 3.8) is 0 Å². The second kappa shape index (κ2) is 5.67. The van der Waals surface area contributed by atoms with Crippen LogP contribution in [0.15, 0.2) is 11.9 Å². The molecule has 0 aromatic carbocycles. The zero-order valence-electron chi connectivity index (χ0n) is 12.0. The smallest absolute Gasteiger partial charge is 0.413 e. The van der Waals surface area contributed by atoms with Crippen LogP contribution in [-0.4, -0.2) is 40.8 Å². The second-order valence-corrected chi connectivity index (χ2v) is 6.19. The third kappa shape index (κ3) is 4.35. The van der Waals surface area contributed by atoms with E-state index in [-0.39, 0.29) is 12.5 Å². The topological polar surface area (TPSA) is 38.8 Å². The lowest BCUT2D eigenvalue weighted by molar-refractivity contribution is -0.0610. The van der Waals surface area contributed by atoms with E-state index in [1.165, 1.54) is 11.0 Å². The Hall–Kier alpha value is -0.810. The molecule has 1 aliphatic rings. The predicted molar refractivity (Wildman–Crippen MR) is 71.8 cm³/mol. The van der Waals surface area contributed by atoms with Gasteiger partial charge in [-0.2, -0.15) is 0 Å². The van der Waals surface area contributed by atoms with Crippen molar-refractivity contribution in [3.8, 4) is 0 Å². The molecule has 110 valence electrons. The fraction of sp³-hybridized carbons (Fsp3) is 0.769. The van der Waals surface area contributed by atoms with Gasteiger partial charge >= 0.3 is 6.09 Å². The van der Waals surface area contributed by atoms with Gasteiger partial charge < -0.3 is 9.47 Å². The third-order valence-electron chi connectivity index (χ3n) is 2.61. The Kier molecular flexibility index (Phi) is 4.85. The fourth-order valence-corrected chi connectivity index (χ4v) is 1.96. The SMILES string of the molecule is CC(C)(C)OC(=O)N1[C@@H](/C=C(/F)CCl)COC1(C)C. The van der Waals surface area contributed by atoms with E-state index >= 15 is 0 Å². The first-order valence-electron chi connectivity index (χ1n) is 6.15. The van der Waals surface area contributed by atoms with Crippen LogP contribution in [0.25, 0.3) is 0 Å². The van der Waals surface area contributed by atoms with Crippen LogP contribution in [0.3, 0.4) is 0 Å². The molecule has 0 unspecified atom stereocenters. The van der Waals surface area contributed by atoms with Gasteiger partial charge in [0.05, 0.1) is 18.5 Å². The molecular formula is C13H21ClFNO3. The zero-order valence-corrected chi connectivity index (χ0v) is 12.8. The molecule has 0 aliphatic carbocycles. The van der Waals surface area contributed by atoms with E-state index in [4.69, 9.17) is 21.1 Å².